The maximum atomic E-state index is 5.02. The van der Waals surface area contributed by atoms with Crippen LogP contribution in [0.3, 0.4) is 0 Å². The molecule has 0 aliphatic carbocycles. The molecule has 322 valence electrons. The molecule has 0 unspecified atom stereocenters. The molecule has 0 atom stereocenters. The molecule has 0 saturated carbocycles. The minimum atomic E-state index is 0.632. The van der Waals surface area contributed by atoms with E-state index in [9.17, 15) is 0 Å². The highest BCUT2D eigenvalue weighted by Crippen LogP contribution is 2.43. The minimum Gasteiger partial charge on any atom is -0.309 e. The Hall–Kier alpha value is -8.97. The van der Waals surface area contributed by atoms with Gasteiger partial charge in [-0.3, -0.25) is 0 Å². The number of thiophene rings is 1. The molecule has 4 aromatic heterocycles. The van der Waals surface area contributed by atoms with Crippen LogP contribution < -0.4 is 0 Å². The summed E-state index contributed by atoms with van der Waals surface area (Å²) in [5.41, 5.74) is 14.4. The third kappa shape index (κ3) is 6.49. The Morgan fingerprint density at radius 2 is 0.754 bits per heavy atom. The number of rotatable bonds is 7. The van der Waals surface area contributed by atoms with Crippen LogP contribution in [0.15, 0.2) is 237 Å². The van der Waals surface area contributed by atoms with Crippen LogP contribution >= 0.6 is 11.3 Å². The highest BCUT2D eigenvalue weighted by molar-refractivity contribution is 7.26. The molecule has 0 aliphatic heterocycles. The Morgan fingerprint density at radius 1 is 0.275 bits per heavy atom. The van der Waals surface area contributed by atoms with Gasteiger partial charge >= 0.3 is 0 Å². The molecule has 6 heteroatoms. The summed E-state index contributed by atoms with van der Waals surface area (Å²) in [5.74, 6) is 1.92. The Labute approximate surface area is 401 Å². The molecule has 69 heavy (non-hydrogen) atoms. The quantitative estimate of drug-likeness (QED) is 0.160. The Balaban J connectivity index is 0.870. The van der Waals surface area contributed by atoms with E-state index in [2.05, 4.69) is 185 Å². The van der Waals surface area contributed by atoms with Crippen LogP contribution in [0.25, 0.3) is 132 Å². The molecule has 0 saturated heterocycles. The molecule has 0 aliphatic rings. The topological polar surface area (TPSA) is 48.5 Å². The SMILES string of the molecule is c1ccc(-c2nc(-c3ccccc3)nc(-c3cccc(-c4cccc(-n5c6ccccc6c6cc(-n7c8ccccc8c8cc(-c9cccc%10c9sc9ccccc9%10)ccc87)ccc65)c4)c3)n2)cc1. The number of benzene rings is 10. The predicted molar refractivity (Wildman–Crippen MR) is 289 cm³/mol. The molecule has 14 rings (SSSR count). The van der Waals surface area contributed by atoms with E-state index in [1.165, 1.54) is 63.9 Å². The van der Waals surface area contributed by atoms with Crippen molar-refractivity contribution in [3.63, 3.8) is 0 Å². The van der Waals surface area contributed by atoms with Gasteiger partial charge in [-0.2, -0.15) is 0 Å². The van der Waals surface area contributed by atoms with Gasteiger partial charge in [0.15, 0.2) is 17.5 Å². The Bertz CT molecular complexity index is 4260. The van der Waals surface area contributed by atoms with Gasteiger partial charge in [0.05, 0.1) is 22.1 Å². The lowest BCUT2D eigenvalue weighted by molar-refractivity contribution is 1.07. The Kier molecular flexibility index (Phi) is 9.00. The van der Waals surface area contributed by atoms with E-state index in [0.29, 0.717) is 17.5 Å². The molecule has 0 N–H and O–H groups in total. The lowest BCUT2D eigenvalue weighted by atomic mass is 10.0. The van der Waals surface area contributed by atoms with Gasteiger partial charge in [0, 0.05) is 69.8 Å². The van der Waals surface area contributed by atoms with E-state index in [1.807, 2.05) is 72.0 Å². The number of para-hydroxylation sites is 2. The van der Waals surface area contributed by atoms with Crippen LogP contribution in [0, 0.1) is 0 Å². The number of hydrogen-bond acceptors (Lipinski definition) is 4. The minimum absolute atomic E-state index is 0.632. The number of hydrogen-bond donors (Lipinski definition) is 0. The van der Waals surface area contributed by atoms with Crippen molar-refractivity contribution in [1.82, 2.24) is 24.1 Å². The van der Waals surface area contributed by atoms with Crippen molar-refractivity contribution in [2.75, 3.05) is 0 Å². The fraction of sp³-hybridized carbons (Fsp3) is 0. The molecule has 0 spiro atoms. The highest BCUT2D eigenvalue weighted by Gasteiger charge is 2.19. The maximum absolute atomic E-state index is 5.02. The number of nitrogens with zero attached hydrogens (tertiary/aromatic N) is 5. The Morgan fingerprint density at radius 3 is 1.45 bits per heavy atom. The summed E-state index contributed by atoms with van der Waals surface area (Å²) in [5, 5.41) is 7.53. The van der Waals surface area contributed by atoms with Gasteiger partial charge < -0.3 is 9.13 Å². The first-order valence-corrected chi connectivity index (χ1v) is 24.1. The summed E-state index contributed by atoms with van der Waals surface area (Å²) in [6.07, 6.45) is 0. The van der Waals surface area contributed by atoms with Crippen molar-refractivity contribution in [3.05, 3.63) is 237 Å². The second kappa shape index (κ2) is 15.8. The van der Waals surface area contributed by atoms with Crippen LogP contribution in [0.2, 0.25) is 0 Å². The van der Waals surface area contributed by atoms with Crippen LogP contribution in [-0.2, 0) is 0 Å². The number of aromatic nitrogens is 5. The summed E-state index contributed by atoms with van der Waals surface area (Å²) in [7, 11) is 0. The maximum Gasteiger partial charge on any atom is 0.164 e. The third-order valence-corrected chi connectivity index (χ3v) is 14.8. The largest absolute Gasteiger partial charge is 0.309 e. The first-order chi connectivity index (χ1) is 34.2. The van der Waals surface area contributed by atoms with Gasteiger partial charge in [0.2, 0.25) is 0 Å². The molecular weight excluding hydrogens is 859 g/mol. The molecule has 0 amide bonds. The summed E-state index contributed by atoms with van der Waals surface area (Å²) in [6.45, 7) is 0. The first kappa shape index (κ1) is 39.2. The van der Waals surface area contributed by atoms with Crippen molar-refractivity contribution >= 4 is 75.1 Å². The van der Waals surface area contributed by atoms with E-state index in [1.54, 1.807) is 0 Å². The average molecular weight is 898 g/mol. The zero-order chi connectivity index (χ0) is 45.4. The molecule has 0 fully saturated rings. The van der Waals surface area contributed by atoms with Gasteiger partial charge in [-0.1, -0.05) is 170 Å². The van der Waals surface area contributed by atoms with Gasteiger partial charge in [0.25, 0.3) is 0 Å². The first-order valence-electron chi connectivity index (χ1n) is 23.3. The standard InChI is InChI=1S/C63H39N5S/c1-3-16-40(17-4-1)61-64-62(41-18-5-2-6-19-41)66-63(65-61)45-22-13-20-42(36-45)43-21-14-23-46(37-43)67-56-30-11-8-25-50(56)54-39-47(33-35-58(54)67)68-55-29-10-7-24-49(55)53-38-44(32-34-57(53)68)48-27-15-28-52-51-26-9-12-31-59(51)69-60(48)52/h1-39H. The average Bonchev–Trinajstić information content (AvgIpc) is 4.09. The van der Waals surface area contributed by atoms with Crippen molar-refractivity contribution in [1.29, 1.82) is 0 Å². The predicted octanol–water partition coefficient (Wildman–Crippen LogP) is 16.8. The van der Waals surface area contributed by atoms with Gasteiger partial charge in [0.1, 0.15) is 0 Å². The van der Waals surface area contributed by atoms with Crippen molar-refractivity contribution in [2.45, 2.75) is 0 Å². The summed E-state index contributed by atoms with van der Waals surface area (Å²) in [4.78, 5) is 15.0. The lowest BCUT2D eigenvalue weighted by Crippen LogP contribution is -2.00. The molecule has 0 radical (unpaired) electrons. The van der Waals surface area contributed by atoms with E-state index < -0.39 is 0 Å². The van der Waals surface area contributed by atoms with E-state index >= 15 is 0 Å². The van der Waals surface area contributed by atoms with E-state index in [-0.39, 0.29) is 0 Å². The van der Waals surface area contributed by atoms with E-state index in [4.69, 9.17) is 15.0 Å². The van der Waals surface area contributed by atoms with Gasteiger partial charge in [-0.15, -0.1) is 11.3 Å². The van der Waals surface area contributed by atoms with Gasteiger partial charge in [-0.05, 0) is 89.0 Å². The normalized spacial score (nSPS) is 11.8. The van der Waals surface area contributed by atoms with E-state index in [0.717, 1.165) is 50.2 Å². The molecule has 10 aromatic carbocycles. The number of fused-ring (bicyclic) bond motifs is 9. The highest BCUT2D eigenvalue weighted by atomic mass is 32.1. The summed E-state index contributed by atoms with van der Waals surface area (Å²) < 4.78 is 7.49. The fourth-order valence-electron chi connectivity index (χ4n) is 10.4. The van der Waals surface area contributed by atoms with Crippen LogP contribution in [0.5, 0.6) is 0 Å². The lowest BCUT2D eigenvalue weighted by Gasteiger charge is -2.12. The van der Waals surface area contributed by atoms with Crippen molar-refractivity contribution in [2.24, 2.45) is 0 Å². The molecular formula is C63H39N5S. The molecule has 14 aromatic rings. The monoisotopic (exact) mass is 897 g/mol. The second-order valence-electron chi connectivity index (χ2n) is 17.6. The van der Waals surface area contributed by atoms with Gasteiger partial charge in [-0.25, -0.2) is 15.0 Å². The molecule has 0 bridgehead atoms. The summed E-state index contributed by atoms with van der Waals surface area (Å²) in [6, 6.07) is 84.6. The third-order valence-electron chi connectivity index (χ3n) is 13.6. The molecule has 5 nitrogen and oxygen atoms in total. The molecule has 4 heterocycles. The van der Waals surface area contributed by atoms with Crippen molar-refractivity contribution in [3.8, 4) is 67.8 Å². The van der Waals surface area contributed by atoms with Crippen LogP contribution in [0.1, 0.15) is 0 Å². The van der Waals surface area contributed by atoms with Crippen LogP contribution in [-0.4, -0.2) is 24.1 Å². The zero-order valence-electron chi connectivity index (χ0n) is 37.2. The summed E-state index contributed by atoms with van der Waals surface area (Å²) >= 11 is 1.88. The fourth-order valence-corrected chi connectivity index (χ4v) is 11.6. The van der Waals surface area contributed by atoms with Crippen LogP contribution in [0.4, 0.5) is 0 Å². The van der Waals surface area contributed by atoms with Crippen molar-refractivity contribution < 1.29 is 0 Å². The smallest absolute Gasteiger partial charge is 0.164 e. The zero-order valence-corrected chi connectivity index (χ0v) is 38.0. The second-order valence-corrected chi connectivity index (χ2v) is 18.6.